The SMILES string of the molecule is CC1(C)CCC(c2ncc(Br)c(Cl)n2)CC1. The normalized spacial score (nSPS) is 21.0. The van der Waals surface area contributed by atoms with Gasteiger partial charge in [-0.3, -0.25) is 0 Å². The van der Waals surface area contributed by atoms with Gasteiger partial charge in [0.25, 0.3) is 0 Å². The Hall–Kier alpha value is -0.150. The van der Waals surface area contributed by atoms with Crippen molar-refractivity contribution in [3.05, 3.63) is 21.6 Å². The van der Waals surface area contributed by atoms with Gasteiger partial charge in [0.1, 0.15) is 11.0 Å². The first-order chi connectivity index (χ1) is 7.48. The van der Waals surface area contributed by atoms with E-state index in [2.05, 4.69) is 39.7 Å². The highest BCUT2D eigenvalue weighted by molar-refractivity contribution is 9.10. The van der Waals surface area contributed by atoms with Crippen molar-refractivity contribution in [2.75, 3.05) is 0 Å². The van der Waals surface area contributed by atoms with Crippen LogP contribution in [0.3, 0.4) is 0 Å². The van der Waals surface area contributed by atoms with Crippen molar-refractivity contribution in [1.82, 2.24) is 9.97 Å². The van der Waals surface area contributed by atoms with E-state index in [0.29, 0.717) is 16.5 Å². The molecule has 4 heteroatoms. The van der Waals surface area contributed by atoms with Gasteiger partial charge in [-0.25, -0.2) is 9.97 Å². The van der Waals surface area contributed by atoms with Crippen LogP contribution in [0.5, 0.6) is 0 Å². The highest BCUT2D eigenvalue weighted by Gasteiger charge is 2.29. The van der Waals surface area contributed by atoms with Crippen molar-refractivity contribution < 1.29 is 0 Å². The van der Waals surface area contributed by atoms with Crippen LogP contribution in [0.15, 0.2) is 10.7 Å². The van der Waals surface area contributed by atoms with Gasteiger partial charge in [0.05, 0.1) is 4.47 Å². The third-order valence-corrected chi connectivity index (χ3v) is 4.52. The third kappa shape index (κ3) is 2.75. The second-order valence-electron chi connectivity index (χ2n) is 5.31. The van der Waals surface area contributed by atoms with Gasteiger partial charge in [-0.05, 0) is 47.0 Å². The summed E-state index contributed by atoms with van der Waals surface area (Å²) in [5, 5.41) is 0.523. The van der Waals surface area contributed by atoms with Crippen molar-refractivity contribution in [1.29, 1.82) is 0 Å². The maximum atomic E-state index is 5.99. The molecule has 0 saturated heterocycles. The first kappa shape index (κ1) is 12.3. The first-order valence-corrected chi connectivity index (χ1v) is 6.83. The summed E-state index contributed by atoms with van der Waals surface area (Å²) in [6.07, 6.45) is 6.59. The summed E-state index contributed by atoms with van der Waals surface area (Å²) in [5.74, 6) is 1.39. The topological polar surface area (TPSA) is 25.8 Å². The maximum absolute atomic E-state index is 5.99. The van der Waals surface area contributed by atoms with E-state index in [1.807, 2.05) is 0 Å². The summed E-state index contributed by atoms with van der Waals surface area (Å²) in [4.78, 5) is 8.72. The average molecular weight is 304 g/mol. The van der Waals surface area contributed by atoms with Crippen molar-refractivity contribution in [3.8, 4) is 0 Å². The third-order valence-electron chi connectivity index (χ3n) is 3.42. The molecular weight excluding hydrogens is 288 g/mol. The van der Waals surface area contributed by atoms with E-state index in [4.69, 9.17) is 11.6 Å². The minimum atomic E-state index is 0.482. The molecule has 2 rings (SSSR count). The van der Waals surface area contributed by atoms with E-state index in [1.54, 1.807) is 6.20 Å². The zero-order valence-electron chi connectivity index (χ0n) is 9.63. The first-order valence-electron chi connectivity index (χ1n) is 5.66. The Morgan fingerprint density at radius 2 is 2.00 bits per heavy atom. The second kappa shape index (κ2) is 4.61. The lowest BCUT2D eigenvalue weighted by Gasteiger charge is -2.33. The lowest BCUT2D eigenvalue weighted by Crippen LogP contribution is -2.21. The van der Waals surface area contributed by atoms with E-state index >= 15 is 0 Å². The molecule has 16 heavy (non-hydrogen) atoms. The molecule has 0 aliphatic heterocycles. The summed E-state index contributed by atoms with van der Waals surface area (Å²) in [6.45, 7) is 4.66. The van der Waals surface area contributed by atoms with Gasteiger partial charge in [0.2, 0.25) is 0 Å². The van der Waals surface area contributed by atoms with Crippen LogP contribution in [0.1, 0.15) is 51.3 Å². The predicted molar refractivity (Wildman–Crippen MR) is 69.7 cm³/mol. The van der Waals surface area contributed by atoms with Crippen LogP contribution < -0.4 is 0 Å². The fourth-order valence-electron chi connectivity index (χ4n) is 2.21. The number of hydrogen-bond acceptors (Lipinski definition) is 2. The van der Waals surface area contributed by atoms with Crippen molar-refractivity contribution >= 4 is 27.5 Å². The van der Waals surface area contributed by atoms with Crippen LogP contribution >= 0.6 is 27.5 Å². The Balaban J connectivity index is 2.11. The van der Waals surface area contributed by atoms with Gasteiger partial charge in [-0.15, -0.1) is 0 Å². The Kier molecular flexibility index (Phi) is 3.55. The number of nitrogens with zero attached hydrogens (tertiary/aromatic N) is 2. The van der Waals surface area contributed by atoms with Gasteiger partial charge in [-0.2, -0.15) is 0 Å². The molecule has 1 saturated carbocycles. The number of aromatic nitrogens is 2. The minimum Gasteiger partial charge on any atom is -0.240 e. The molecule has 2 nitrogen and oxygen atoms in total. The fourth-order valence-corrected chi connectivity index (χ4v) is 2.54. The second-order valence-corrected chi connectivity index (χ2v) is 6.52. The van der Waals surface area contributed by atoms with E-state index in [9.17, 15) is 0 Å². The lowest BCUT2D eigenvalue weighted by atomic mass is 9.73. The monoisotopic (exact) mass is 302 g/mol. The molecule has 0 N–H and O–H groups in total. The Bertz CT molecular complexity index is 383. The molecule has 0 unspecified atom stereocenters. The number of rotatable bonds is 1. The van der Waals surface area contributed by atoms with Gasteiger partial charge in [0, 0.05) is 12.1 Å². The van der Waals surface area contributed by atoms with E-state index in [0.717, 1.165) is 10.3 Å². The molecule has 1 aromatic heterocycles. The van der Waals surface area contributed by atoms with Gasteiger partial charge < -0.3 is 0 Å². The zero-order valence-corrected chi connectivity index (χ0v) is 12.0. The standard InChI is InChI=1S/C12H16BrClN2/c1-12(2)5-3-8(4-6-12)11-15-7-9(13)10(14)16-11/h7-8H,3-6H2,1-2H3. The van der Waals surface area contributed by atoms with Crippen LogP contribution in [-0.2, 0) is 0 Å². The van der Waals surface area contributed by atoms with Gasteiger partial charge in [-0.1, -0.05) is 25.4 Å². The van der Waals surface area contributed by atoms with E-state index in [-0.39, 0.29) is 0 Å². The summed E-state index contributed by atoms with van der Waals surface area (Å²) in [6, 6.07) is 0. The zero-order chi connectivity index (χ0) is 11.8. The molecule has 1 heterocycles. The molecule has 1 aliphatic rings. The molecule has 1 aliphatic carbocycles. The molecule has 0 spiro atoms. The quantitative estimate of drug-likeness (QED) is 0.710. The van der Waals surface area contributed by atoms with Crippen LogP contribution in [0, 0.1) is 5.41 Å². The minimum absolute atomic E-state index is 0.482. The van der Waals surface area contributed by atoms with Crippen molar-refractivity contribution in [2.45, 2.75) is 45.4 Å². The van der Waals surface area contributed by atoms with Crippen molar-refractivity contribution in [3.63, 3.8) is 0 Å². The molecular formula is C12H16BrClN2. The largest absolute Gasteiger partial charge is 0.240 e. The van der Waals surface area contributed by atoms with Crippen LogP contribution in [0.4, 0.5) is 0 Å². The highest BCUT2D eigenvalue weighted by Crippen LogP contribution is 2.41. The summed E-state index contributed by atoms with van der Waals surface area (Å²) < 4.78 is 0.772. The van der Waals surface area contributed by atoms with Gasteiger partial charge >= 0.3 is 0 Å². The van der Waals surface area contributed by atoms with Crippen LogP contribution in [0.25, 0.3) is 0 Å². The number of halogens is 2. The van der Waals surface area contributed by atoms with Crippen LogP contribution in [-0.4, -0.2) is 9.97 Å². The summed E-state index contributed by atoms with van der Waals surface area (Å²) in [7, 11) is 0. The van der Waals surface area contributed by atoms with E-state index < -0.39 is 0 Å². The molecule has 0 aromatic carbocycles. The fraction of sp³-hybridized carbons (Fsp3) is 0.667. The maximum Gasteiger partial charge on any atom is 0.146 e. The van der Waals surface area contributed by atoms with E-state index in [1.165, 1.54) is 25.7 Å². The average Bonchev–Trinajstić information content (AvgIpc) is 2.22. The Morgan fingerprint density at radius 1 is 1.38 bits per heavy atom. The summed E-state index contributed by atoms with van der Waals surface area (Å²) >= 11 is 9.31. The van der Waals surface area contributed by atoms with Crippen LogP contribution in [0.2, 0.25) is 5.15 Å². The summed E-state index contributed by atoms with van der Waals surface area (Å²) in [5.41, 5.74) is 0.482. The Morgan fingerprint density at radius 3 is 2.56 bits per heavy atom. The smallest absolute Gasteiger partial charge is 0.146 e. The predicted octanol–water partition coefficient (Wildman–Crippen LogP) is 4.58. The molecule has 0 bridgehead atoms. The van der Waals surface area contributed by atoms with Crippen molar-refractivity contribution in [2.24, 2.45) is 5.41 Å². The molecule has 0 amide bonds. The molecule has 1 fully saturated rings. The molecule has 88 valence electrons. The molecule has 0 radical (unpaired) electrons. The van der Waals surface area contributed by atoms with Gasteiger partial charge in [0.15, 0.2) is 0 Å². The molecule has 1 aromatic rings. The lowest BCUT2D eigenvalue weighted by molar-refractivity contribution is 0.220. The molecule has 0 atom stereocenters. The highest BCUT2D eigenvalue weighted by atomic mass is 79.9. The number of hydrogen-bond donors (Lipinski definition) is 0. The Labute approximate surface area is 110 Å².